The van der Waals surface area contributed by atoms with Gasteiger partial charge in [-0.1, -0.05) is 30.3 Å². The average Bonchev–Trinajstić information content (AvgIpc) is 2.74. The van der Waals surface area contributed by atoms with E-state index in [4.69, 9.17) is 4.74 Å². The molecule has 0 unspecified atom stereocenters. The van der Waals surface area contributed by atoms with Crippen LogP contribution >= 0.6 is 0 Å². The Morgan fingerprint density at radius 1 is 1.00 bits per heavy atom. The van der Waals surface area contributed by atoms with E-state index in [1.807, 2.05) is 66.5 Å². The van der Waals surface area contributed by atoms with Crippen LogP contribution < -0.4 is 15.0 Å². The van der Waals surface area contributed by atoms with Crippen molar-refractivity contribution >= 4 is 17.4 Å². The molecule has 1 amide bonds. The Labute approximate surface area is 158 Å². The van der Waals surface area contributed by atoms with Gasteiger partial charge in [0.15, 0.2) is 11.5 Å². The average molecular weight is 362 g/mol. The molecule has 1 N–H and O–H groups in total. The van der Waals surface area contributed by atoms with Crippen molar-refractivity contribution in [1.29, 1.82) is 0 Å². The molecule has 0 atom stereocenters. The number of nitrogens with one attached hydrogen (secondary N) is 1. The number of nitrogens with zero attached hydrogens (tertiary/aromatic N) is 3. The predicted molar refractivity (Wildman–Crippen MR) is 106 cm³/mol. The number of hydrogen-bond donors (Lipinski definition) is 1. The smallest absolute Gasteiger partial charge is 0.271 e. The molecular weight excluding hydrogens is 340 g/mol. The van der Waals surface area contributed by atoms with Gasteiger partial charge in [0, 0.05) is 19.3 Å². The summed E-state index contributed by atoms with van der Waals surface area (Å²) in [6.45, 7) is 0.526. The number of hydrogen-bond acceptors (Lipinski definition) is 5. The zero-order chi connectivity index (χ0) is 19.1. The molecule has 3 rings (SSSR count). The van der Waals surface area contributed by atoms with Gasteiger partial charge in [-0.15, -0.1) is 10.2 Å². The molecule has 6 heteroatoms. The second-order valence-corrected chi connectivity index (χ2v) is 6.03. The van der Waals surface area contributed by atoms with Crippen molar-refractivity contribution in [3.63, 3.8) is 0 Å². The van der Waals surface area contributed by atoms with Crippen LogP contribution in [0, 0.1) is 0 Å². The highest BCUT2D eigenvalue weighted by atomic mass is 16.5. The Balaban J connectivity index is 1.54. The van der Waals surface area contributed by atoms with Gasteiger partial charge in [-0.05, 0) is 48.4 Å². The third-order valence-corrected chi connectivity index (χ3v) is 4.23. The Kier molecular flexibility index (Phi) is 5.99. The van der Waals surface area contributed by atoms with E-state index in [9.17, 15) is 4.79 Å². The number of anilines is 2. The minimum absolute atomic E-state index is 0.232. The molecule has 0 fully saturated rings. The maximum atomic E-state index is 12.2. The van der Waals surface area contributed by atoms with Crippen molar-refractivity contribution in [2.45, 2.75) is 6.42 Å². The SMILES string of the molecule is COc1ccc(CCNC(=O)c2ccc(N(C)c3ccccc3)nn2)cc1. The van der Waals surface area contributed by atoms with Crippen LogP contribution in [-0.4, -0.2) is 36.8 Å². The fraction of sp³-hybridized carbons (Fsp3) is 0.190. The summed E-state index contributed by atoms with van der Waals surface area (Å²) in [6.07, 6.45) is 0.734. The lowest BCUT2D eigenvalue weighted by atomic mass is 10.1. The number of carbonyl (C=O) groups is 1. The van der Waals surface area contributed by atoms with Crippen LogP contribution in [0.15, 0.2) is 66.7 Å². The van der Waals surface area contributed by atoms with Crippen molar-refractivity contribution in [3.05, 3.63) is 78.0 Å². The van der Waals surface area contributed by atoms with E-state index in [0.29, 0.717) is 18.1 Å². The molecule has 0 aliphatic carbocycles. The molecule has 0 aliphatic rings. The second-order valence-electron chi connectivity index (χ2n) is 6.03. The number of benzene rings is 2. The van der Waals surface area contributed by atoms with E-state index in [0.717, 1.165) is 23.4 Å². The van der Waals surface area contributed by atoms with Crippen LogP contribution in [0.4, 0.5) is 11.5 Å². The van der Waals surface area contributed by atoms with E-state index in [1.54, 1.807) is 19.2 Å². The number of aromatic nitrogens is 2. The molecule has 0 bridgehead atoms. The van der Waals surface area contributed by atoms with Gasteiger partial charge in [-0.25, -0.2) is 0 Å². The summed E-state index contributed by atoms with van der Waals surface area (Å²) in [5.41, 5.74) is 2.43. The first-order chi connectivity index (χ1) is 13.2. The minimum Gasteiger partial charge on any atom is -0.497 e. The molecule has 0 saturated heterocycles. The highest BCUT2D eigenvalue weighted by molar-refractivity contribution is 5.92. The monoisotopic (exact) mass is 362 g/mol. The molecule has 1 heterocycles. The largest absolute Gasteiger partial charge is 0.497 e. The molecule has 1 aromatic heterocycles. The Hall–Kier alpha value is -3.41. The van der Waals surface area contributed by atoms with Crippen molar-refractivity contribution in [2.75, 3.05) is 25.6 Å². The zero-order valence-electron chi connectivity index (χ0n) is 15.4. The van der Waals surface area contributed by atoms with Gasteiger partial charge in [0.25, 0.3) is 5.91 Å². The van der Waals surface area contributed by atoms with Gasteiger partial charge in [0.2, 0.25) is 0 Å². The van der Waals surface area contributed by atoms with Crippen molar-refractivity contribution in [2.24, 2.45) is 0 Å². The normalized spacial score (nSPS) is 10.3. The van der Waals surface area contributed by atoms with Crippen LogP contribution in [0.25, 0.3) is 0 Å². The third-order valence-electron chi connectivity index (χ3n) is 4.23. The third kappa shape index (κ3) is 4.82. The molecule has 0 saturated carbocycles. The summed E-state index contributed by atoms with van der Waals surface area (Å²) in [4.78, 5) is 14.2. The molecule has 2 aromatic carbocycles. The summed E-state index contributed by atoms with van der Waals surface area (Å²) >= 11 is 0. The Bertz CT molecular complexity index is 865. The lowest BCUT2D eigenvalue weighted by Gasteiger charge is -2.17. The standard InChI is InChI=1S/C21H22N4O2/c1-25(17-6-4-3-5-7-17)20-13-12-19(23-24-20)21(26)22-15-14-16-8-10-18(27-2)11-9-16/h3-13H,14-15H2,1-2H3,(H,22,26). The maximum absolute atomic E-state index is 12.2. The highest BCUT2D eigenvalue weighted by Gasteiger charge is 2.10. The van der Waals surface area contributed by atoms with E-state index >= 15 is 0 Å². The minimum atomic E-state index is -0.232. The summed E-state index contributed by atoms with van der Waals surface area (Å²) in [5.74, 6) is 1.26. The highest BCUT2D eigenvalue weighted by Crippen LogP contribution is 2.20. The van der Waals surface area contributed by atoms with Crippen LogP contribution in [0.2, 0.25) is 0 Å². The lowest BCUT2D eigenvalue weighted by Crippen LogP contribution is -2.27. The first kappa shape index (κ1) is 18.4. The predicted octanol–water partition coefficient (Wildman–Crippen LogP) is 3.23. The van der Waals surface area contributed by atoms with E-state index in [1.165, 1.54) is 0 Å². The summed E-state index contributed by atoms with van der Waals surface area (Å²) in [7, 11) is 3.55. The molecule has 3 aromatic rings. The van der Waals surface area contributed by atoms with E-state index in [-0.39, 0.29) is 5.91 Å². The summed E-state index contributed by atoms with van der Waals surface area (Å²) in [6, 6.07) is 21.1. The first-order valence-electron chi connectivity index (χ1n) is 8.71. The zero-order valence-corrected chi connectivity index (χ0v) is 15.4. The summed E-state index contributed by atoms with van der Waals surface area (Å²) < 4.78 is 5.14. The molecule has 0 radical (unpaired) electrons. The van der Waals surface area contributed by atoms with Crippen LogP contribution in [-0.2, 0) is 6.42 Å². The fourth-order valence-electron chi connectivity index (χ4n) is 2.61. The van der Waals surface area contributed by atoms with Crippen LogP contribution in [0.3, 0.4) is 0 Å². The summed E-state index contributed by atoms with van der Waals surface area (Å²) in [5, 5.41) is 11.1. The molecular formula is C21H22N4O2. The van der Waals surface area contributed by atoms with Gasteiger partial charge in [-0.3, -0.25) is 4.79 Å². The molecule has 138 valence electrons. The molecule has 27 heavy (non-hydrogen) atoms. The van der Waals surface area contributed by atoms with Gasteiger partial charge < -0.3 is 15.0 Å². The topological polar surface area (TPSA) is 67.3 Å². The van der Waals surface area contributed by atoms with E-state index in [2.05, 4.69) is 15.5 Å². The maximum Gasteiger partial charge on any atom is 0.271 e. The van der Waals surface area contributed by atoms with Crippen molar-refractivity contribution in [3.8, 4) is 5.75 Å². The number of rotatable bonds is 7. The quantitative estimate of drug-likeness (QED) is 0.699. The molecule has 6 nitrogen and oxygen atoms in total. The lowest BCUT2D eigenvalue weighted by molar-refractivity contribution is 0.0948. The van der Waals surface area contributed by atoms with Crippen molar-refractivity contribution in [1.82, 2.24) is 15.5 Å². The first-order valence-corrected chi connectivity index (χ1v) is 8.71. The Morgan fingerprint density at radius 3 is 2.37 bits per heavy atom. The Morgan fingerprint density at radius 2 is 1.74 bits per heavy atom. The van der Waals surface area contributed by atoms with E-state index < -0.39 is 0 Å². The van der Waals surface area contributed by atoms with Gasteiger partial charge in [0.1, 0.15) is 5.75 Å². The van der Waals surface area contributed by atoms with Gasteiger partial charge >= 0.3 is 0 Å². The molecule has 0 aliphatic heterocycles. The van der Waals surface area contributed by atoms with Gasteiger partial charge in [0.05, 0.1) is 7.11 Å². The van der Waals surface area contributed by atoms with Crippen LogP contribution in [0.5, 0.6) is 5.75 Å². The number of methoxy groups -OCH3 is 1. The number of para-hydroxylation sites is 1. The number of carbonyl (C=O) groups excluding carboxylic acids is 1. The van der Waals surface area contributed by atoms with Crippen LogP contribution in [0.1, 0.15) is 16.1 Å². The molecule has 0 spiro atoms. The van der Waals surface area contributed by atoms with Gasteiger partial charge in [-0.2, -0.15) is 0 Å². The number of ether oxygens (including phenoxy) is 1. The number of amides is 1. The fourth-order valence-corrected chi connectivity index (χ4v) is 2.61. The second kappa shape index (κ2) is 8.80. The van der Waals surface area contributed by atoms with Crippen molar-refractivity contribution < 1.29 is 9.53 Å².